The van der Waals surface area contributed by atoms with Crippen LogP contribution in [0.15, 0.2) is 67.0 Å². The molecule has 6 heteroatoms. The molecule has 0 bridgehead atoms. The summed E-state index contributed by atoms with van der Waals surface area (Å²) in [5.74, 6) is 0.0731. The van der Waals surface area contributed by atoms with Gasteiger partial charge in [0.1, 0.15) is 0 Å². The van der Waals surface area contributed by atoms with E-state index in [2.05, 4.69) is 41.2 Å². The Bertz CT molecular complexity index is 1270. The quantitative estimate of drug-likeness (QED) is 0.498. The number of fused-ring (bicyclic) bond motifs is 1. The predicted octanol–water partition coefficient (Wildman–Crippen LogP) is 3.90. The van der Waals surface area contributed by atoms with E-state index in [1.807, 2.05) is 48.5 Å². The summed E-state index contributed by atoms with van der Waals surface area (Å²) in [6.45, 7) is 6.25. The molecule has 1 fully saturated rings. The zero-order chi connectivity index (χ0) is 22.1. The molecule has 1 aliphatic heterocycles. The molecule has 162 valence electrons. The fourth-order valence-corrected chi connectivity index (χ4v) is 4.40. The first-order chi connectivity index (χ1) is 15.6. The SMILES string of the molecule is Cc1cccc(CN2CCN(C(=O)c3cc(-c4cnn(C)c4)nc4ccccc34)CC2)c1. The van der Waals surface area contributed by atoms with Gasteiger partial charge in [-0.2, -0.15) is 5.10 Å². The topological polar surface area (TPSA) is 54.3 Å². The Hall–Kier alpha value is -3.51. The normalized spacial score (nSPS) is 14.8. The lowest BCUT2D eigenvalue weighted by atomic mass is 10.0. The van der Waals surface area contributed by atoms with Gasteiger partial charge in [-0.05, 0) is 24.6 Å². The zero-order valence-electron chi connectivity index (χ0n) is 18.5. The van der Waals surface area contributed by atoms with Crippen molar-refractivity contribution >= 4 is 16.8 Å². The van der Waals surface area contributed by atoms with E-state index in [-0.39, 0.29) is 5.91 Å². The van der Waals surface area contributed by atoms with Gasteiger partial charge in [-0.3, -0.25) is 14.4 Å². The second kappa shape index (κ2) is 8.55. The van der Waals surface area contributed by atoms with E-state index in [9.17, 15) is 4.79 Å². The van der Waals surface area contributed by atoms with Crippen molar-refractivity contribution in [2.45, 2.75) is 13.5 Å². The highest BCUT2D eigenvalue weighted by Crippen LogP contribution is 2.26. The second-order valence-corrected chi connectivity index (χ2v) is 8.53. The van der Waals surface area contributed by atoms with Gasteiger partial charge in [0.25, 0.3) is 5.91 Å². The van der Waals surface area contributed by atoms with Crippen LogP contribution in [0.25, 0.3) is 22.2 Å². The number of rotatable bonds is 4. The van der Waals surface area contributed by atoms with Crippen LogP contribution in [-0.2, 0) is 13.6 Å². The lowest BCUT2D eigenvalue weighted by molar-refractivity contribution is 0.0630. The smallest absolute Gasteiger partial charge is 0.254 e. The van der Waals surface area contributed by atoms with Crippen LogP contribution in [0.2, 0.25) is 0 Å². The molecule has 6 nitrogen and oxygen atoms in total. The monoisotopic (exact) mass is 425 g/mol. The first-order valence-electron chi connectivity index (χ1n) is 11.0. The van der Waals surface area contributed by atoms with E-state index >= 15 is 0 Å². The summed E-state index contributed by atoms with van der Waals surface area (Å²) < 4.78 is 1.75. The number of aromatic nitrogens is 3. The molecule has 0 unspecified atom stereocenters. The van der Waals surface area contributed by atoms with E-state index in [1.165, 1.54) is 11.1 Å². The molecule has 1 saturated heterocycles. The van der Waals surface area contributed by atoms with Gasteiger partial charge in [0.05, 0.1) is 23.0 Å². The second-order valence-electron chi connectivity index (χ2n) is 8.53. The molecule has 4 aromatic rings. The summed E-state index contributed by atoms with van der Waals surface area (Å²) >= 11 is 0. The standard InChI is InChI=1S/C26H27N5O/c1-19-6-5-7-20(14-19)17-30-10-12-31(13-11-30)26(32)23-15-25(21-16-27-29(2)18-21)28-24-9-4-3-8-22(23)24/h3-9,14-16,18H,10-13,17H2,1-2H3. The summed E-state index contributed by atoms with van der Waals surface area (Å²) in [5, 5.41) is 5.16. The van der Waals surface area contributed by atoms with Crippen LogP contribution >= 0.6 is 0 Å². The average molecular weight is 426 g/mol. The average Bonchev–Trinajstić information content (AvgIpc) is 3.25. The molecule has 32 heavy (non-hydrogen) atoms. The number of pyridine rings is 1. The number of benzene rings is 2. The number of hydrogen-bond acceptors (Lipinski definition) is 4. The number of aryl methyl sites for hydroxylation is 2. The summed E-state index contributed by atoms with van der Waals surface area (Å²) in [4.78, 5) is 22.7. The van der Waals surface area contributed by atoms with Gasteiger partial charge < -0.3 is 4.90 Å². The van der Waals surface area contributed by atoms with Crippen LogP contribution < -0.4 is 0 Å². The maximum absolute atomic E-state index is 13.6. The van der Waals surface area contributed by atoms with Crippen molar-refractivity contribution in [3.63, 3.8) is 0 Å². The van der Waals surface area contributed by atoms with Crippen molar-refractivity contribution in [2.75, 3.05) is 26.2 Å². The van der Waals surface area contributed by atoms with Crippen LogP contribution in [0.3, 0.4) is 0 Å². The Morgan fingerprint density at radius 2 is 1.81 bits per heavy atom. The first kappa shape index (κ1) is 20.4. The first-order valence-corrected chi connectivity index (χ1v) is 11.0. The Balaban J connectivity index is 1.37. The molecule has 2 aromatic carbocycles. The molecule has 0 N–H and O–H groups in total. The number of carbonyl (C=O) groups excluding carboxylic acids is 1. The van der Waals surface area contributed by atoms with Crippen molar-refractivity contribution < 1.29 is 4.79 Å². The lowest BCUT2D eigenvalue weighted by Gasteiger charge is -2.35. The molecule has 1 amide bonds. The molecular weight excluding hydrogens is 398 g/mol. The van der Waals surface area contributed by atoms with Crippen molar-refractivity contribution in [1.82, 2.24) is 24.6 Å². The van der Waals surface area contributed by atoms with Crippen LogP contribution in [-0.4, -0.2) is 56.7 Å². The zero-order valence-corrected chi connectivity index (χ0v) is 18.5. The Morgan fingerprint density at radius 3 is 2.56 bits per heavy atom. The third-order valence-electron chi connectivity index (χ3n) is 6.10. The van der Waals surface area contributed by atoms with Gasteiger partial charge in [-0.1, -0.05) is 48.0 Å². The van der Waals surface area contributed by atoms with Gasteiger partial charge in [-0.25, -0.2) is 4.98 Å². The molecule has 0 atom stereocenters. The van der Waals surface area contributed by atoms with Gasteiger partial charge in [0.2, 0.25) is 0 Å². The Kier molecular flexibility index (Phi) is 5.45. The number of para-hydroxylation sites is 1. The molecule has 2 aromatic heterocycles. The summed E-state index contributed by atoms with van der Waals surface area (Å²) in [5.41, 5.74) is 5.83. The highest BCUT2D eigenvalue weighted by molar-refractivity contribution is 6.07. The van der Waals surface area contributed by atoms with E-state index < -0.39 is 0 Å². The Labute approximate surface area is 188 Å². The van der Waals surface area contributed by atoms with Gasteiger partial charge >= 0.3 is 0 Å². The van der Waals surface area contributed by atoms with E-state index in [1.54, 1.807) is 10.9 Å². The molecule has 0 spiro atoms. The van der Waals surface area contributed by atoms with Gasteiger partial charge in [0, 0.05) is 56.9 Å². The fraction of sp³-hybridized carbons (Fsp3) is 0.269. The molecular formula is C26H27N5O. The van der Waals surface area contributed by atoms with Crippen LogP contribution in [0.1, 0.15) is 21.5 Å². The molecule has 1 aliphatic rings. The molecule has 0 radical (unpaired) electrons. The predicted molar refractivity (Wildman–Crippen MR) is 126 cm³/mol. The number of piperazine rings is 1. The van der Waals surface area contributed by atoms with Crippen LogP contribution in [0.4, 0.5) is 0 Å². The van der Waals surface area contributed by atoms with Crippen LogP contribution in [0, 0.1) is 6.92 Å². The maximum Gasteiger partial charge on any atom is 0.254 e. The summed E-state index contributed by atoms with van der Waals surface area (Å²) in [6, 6.07) is 18.4. The van der Waals surface area contributed by atoms with Crippen LogP contribution in [0.5, 0.6) is 0 Å². The fourth-order valence-electron chi connectivity index (χ4n) is 4.40. The van der Waals surface area contributed by atoms with Crippen molar-refractivity contribution in [3.8, 4) is 11.3 Å². The maximum atomic E-state index is 13.6. The van der Waals surface area contributed by atoms with E-state index in [0.29, 0.717) is 5.56 Å². The van der Waals surface area contributed by atoms with Crippen molar-refractivity contribution in [1.29, 1.82) is 0 Å². The molecule has 0 aliphatic carbocycles. The molecule has 5 rings (SSSR count). The minimum atomic E-state index is 0.0731. The Morgan fingerprint density at radius 1 is 1.00 bits per heavy atom. The lowest BCUT2D eigenvalue weighted by Crippen LogP contribution is -2.48. The highest BCUT2D eigenvalue weighted by atomic mass is 16.2. The van der Waals surface area contributed by atoms with Crippen molar-refractivity contribution in [2.24, 2.45) is 7.05 Å². The largest absolute Gasteiger partial charge is 0.336 e. The minimum Gasteiger partial charge on any atom is -0.336 e. The van der Waals surface area contributed by atoms with E-state index in [4.69, 9.17) is 4.98 Å². The number of carbonyl (C=O) groups is 1. The van der Waals surface area contributed by atoms with Gasteiger partial charge in [-0.15, -0.1) is 0 Å². The summed E-state index contributed by atoms with van der Waals surface area (Å²) in [7, 11) is 1.88. The van der Waals surface area contributed by atoms with Crippen molar-refractivity contribution in [3.05, 3.63) is 83.7 Å². The molecule has 0 saturated carbocycles. The summed E-state index contributed by atoms with van der Waals surface area (Å²) in [6.07, 6.45) is 3.71. The van der Waals surface area contributed by atoms with E-state index in [0.717, 1.165) is 54.9 Å². The highest BCUT2D eigenvalue weighted by Gasteiger charge is 2.24. The number of amides is 1. The third-order valence-corrected chi connectivity index (χ3v) is 6.10. The third kappa shape index (κ3) is 4.14. The van der Waals surface area contributed by atoms with Gasteiger partial charge in [0.15, 0.2) is 0 Å². The number of nitrogens with zero attached hydrogens (tertiary/aromatic N) is 5. The molecule has 3 heterocycles. The minimum absolute atomic E-state index is 0.0731. The number of hydrogen-bond donors (Lipinski definition) is 0.